The van der Waals surface area contributed by atoms with Crippen LogP contribution in [0.2, 0.25) is 0 Å². The van der Waals surface area contributed by atoms with E-state index in [1.54, 1.807) is 0 Å². The first kappa shape index (κ1) is 130. The minimum Gasteiger partial charge on any atom is -0.462 e. The molecule has 0 aliphatic heterocycles. The van der Waals surface area contributed by atoms with E-state index >= 15 is 0 Å². The average molecular weight is 2070 g/mol. The van der Waals surface area contributed by atoms with Crippen LogP contribution in [0.15, 0.2) is 204 Å². The maximum atomic E-state index is 14.4. The molecular formula is C101H136N6O40. The first-order valence-electron chi connectivity index (χ1n) is 46.2. The Kier molecular flexibility index (Phi) is 64.2. The second-order valence-corrected chi connectivity index (χ2v) is 33.4. The van der Waals surface area contributed by atoms with E-state index < -0.39 is 296 Å². The minimum absolute atomic E-state index is 0.0335. The molecule has 0 aliphatic rings. The number of hydrogen-bond donors (Lipinski definition) is 3. The number of allylic oxidation sites excluding steroid dienone is 1. The Labute approximate surface area is 850 Å². The highest BCUT2D eigenvalue weighted by Crippen LogP contribution is 2.35. The fraction of sp³-hybridized carbons (Fsp3) is 0.495. The molecule has 46 nitrogen and oxygen atoms in total. The molecule has 3 N–H and O–H groups in total. The van der Waals surface area contributed by atoms with Crippen molar-refractivity contribution in [1.82, 2.24) is 29.7 Å². The summed E-state index contributed by atoms with van der Waals surface area (Å²) in [4.78, 5) is 271. The zero-order valence-electron chi connectivity index (χ0n) is 83.1. The van der Waals surface area contributed by atoms with Crippen molar-refractivity contribution in [3.63, 3.8) is 0 Å². The lowest BCUT2D eigenvalue weighted by molar-refractivity contribution is -0.170. The van der Waals surface area contributed by atoms with Crippen LogP contribution in [0.1, 0.15) is 103 Å². The third-order valence-electron chi connectivity index (χ3n) is 21.3. The van der Waals surface area contributed by atoms with Gasteiger partial charge in [0.1, 0.15) is 99.1 Å². The molecule has 0 saturated carbocycles. The van der Waals surface area contributed by atoms with Crippen molar-refractivity contribution in [2.24, 2.45) is 32.5 Å². The molecular weight excluding hydrogens is 1940 g/mol. The molecule has 810 valence electrons. The highest BCUT2D eigenvalue weighted by Gasteiger charge is 2.45. The number of carbonyl (C=O) groups excluding carboxylic acids is 18. The number of hydrogen-bond acceptors (Lipinski definition) is 40. The summed E-state index contributed by atoms with van der Waals surface area (Å²) in [5.41, 5.74) is -12.5. The Morgan fingerprint density at radius 1 is 0.204 bits per heavy atom. The lowest BCUT2D eigenvalue weighted by Crippen LogP contribution is -2.54. The summed E-state index contributed by atoms with van der Waals surface area (Å²) in [6.07, 6.45) is 13.9. The molecule has 1 aromatic rings. The Bertz CT molecular complexity index is 4190. The first-order chi connectivity index (χ1) is 70.1. The van der Waals surface area contributed by atoms with Crippen molar-refractivity contribution in [3.05, 3.63) is 221 Å². The maximum absolute atomic E-state index is 14.4. The molecule has 3 amide bonds. The summed E-state index contributed by atoms with van der Waals surface area (Å²) in [6, 6.07) is 0. The highest BCUT2D eigenvalue weighted by atomic mass is 16.6. The van der Waals surface area contributed by atoms with Gasteiger partial charge in [0.05, 0.1) is 73.3 Å². The molecule has 1 rings (SSSR count). The van der Waals surface area contributed by atoms with Crippen molar-refractivity contribution in [2.45, 2.75) is 122 Å². The van der Waals surface area contributed by atoms with Crippen LogP contribution < -0.4 is 33.0 Å². The van der Waals surface area contributed by atoms with E-state index in [9.17, 15) is 101 Å². The number of ketones is 1. The minimum atomic E-state index is -1.75. The van der Waals surface area contributed by atoms with E-state index in [0.717, 1.165) is 105 Å². The quantitative estimate of drug-likeness (QED) is 0.0295. The van der Waals surface area contributed by atoms with E-state index in [4.69, 9.17) is 90.0 Å². The molecule has 1 aromatic heterocycles. The summed E-state index contributed by atoms with van der Waals surface area (Å²) in [5, 5.41) is 8.01. The van der Waals surface area contributed by atoms with Crippen molar-refractivity contribution in [2.75, 3.05) is 165 Å². The van der Waals surface area contributed by atoms with Gasteiger partial charge in [-0.2, -0.15) is 0 Å². The number of amides is 3. The molecule has 1 atom stereocenters. The molecule has 1 unspecified atom stereocenters. The number of carbonyl (C=O) groups is 18. The fourth-order valence-electron chi connectivity index (χ4n) is 12.7. The zero-order valence-corrected chi connectivity index (χ0v) is 83.1. The van der Waals surface area contributed by atoms with Crippen molar-refractivity contribution in [3.8, 4) is 0 Å². The number of rotatable bonds is 86. The normalized spacial score (nSPS) is 11.4. The SMILES string of the molecule is C=CC(=O)CCC(CCC(=O)NCCCCCCn1c(=O)n(CCCCCCNC(=O)OCC(COCC(COC(=O)C=C)(COC(=O)C=C)COC(=O)C=C)(COC(=O)C=C)COC(=O)C=C)c(=O)n(CCCCCCNC(=O)OCC(COCC(COC(=O)C=C)(COC(=O)C=C)COC(=O)C=C)(COC(=O)C=C)COC(=O)C=C)c1=O)(COCC(COC(=O)C=C)(COC(=O)C=C)COC(=O)C=C)COC(=O)C=C. The van der Waals surface area contributed by atoms with Gasteiger partial charge in [-0.3, -0.25) is 9.59 Å². The van der Waals surface area contributed by atoms with Crippen molar-refractivity contribution >= 4 is 107 Å². The fourth-order valence-corrected chi connectivity index (χ4v) is 12.7. The molecule has 0 bridgehead atoms. The van der Waals surface area contributed by atoms with Gasteiger partial charge in [0, 0.05) is 143 Å². The Morgan fingerprint density at radius 2 is 0.374 bits per heavy atom. The number of aromatic nitrogens is 3. The van der Waals surface area contributed by atoms with Gasteiger partial charge in [-0.05, 0) is 57.4 Å². The topological polar surface area (TPSA) is 585 Å². The van der Waals surface area contributed by atoms with E-state index in [1.807, 2.05) is 0 Å². The van der Waals surface area contributed by atoms with Crippen LogP contribution >= 0.6 is 0 Å². The molecule has 147 heavy (non-hydrogen) atoms. The molecule has 0 radical (unpaired) electrons. The second kappa shape index (κ2) is 72.8. The largest absolute Gasteiger partial charge is 0.462 e. The van der Waals surface area contributed by atoms with E-state index in [0.29, 0.717) is 44.9 Å². The van der Waals surface area contributed by atoms with Gasteiger partial charge >= 0.3 is 113 Å². The summed E-state index contributed by atoms with van der Waals surface area (Å²) < 4.78 is 107. The van der Waals surface area contributed by atoms with Gasteiger partial charge in [0.25, 0.3) is 0 Å². The molecule has 0 saturated heterocycles. The van der Waals surface area contributed by atoms with Crippen LogP contribution in [-0.2, 0) is 186 Å². The second-order valence-electron chi connectivity index (χ2n) is 33.4. The Hall–Kier alpha value is -15.4. The summed E-state index contributed by atoms with van der Waals surface area (Å²) in [7, 11) is 0. The van der Waals surface area contributed by atoms with Crippen LogP contribution in [0.3, 0.4) is 0 Å². The molecule has 46 heteroatoms. The lowest BCUT2D eigenvalue weighted by Gasteiger charge is -2.36. The van der Waals surface area contributed by atoms with E-state index in [2.05, 4.69) is 115 Å². The number of alkyl carbamates (subject to hydrolysis) is 2. The molecule has 0 aromatic carbocycles. The third kappa shape index (κ3) is 53.7. The van der Waals surface area contributed by atoms with E-state index in [1.165, 1.54) is 0 Å². The van der Waals surface area contributed by atoms with E-state index in [-0.39, 0.29) is 104 Å². The predicted molar refractivity (Wildman–Crippen MR) is 523 cm³/mol. The standard InChI is InChI=1S/C101H136N6O40/c1-16-75(108)43-45-96(59-132-77(110)17-2,53-129-54-97(60-133-78(111)18-3,61-134-79(112)19-4)62-135-80(113)20-5)46-44-76(109)102-47-37-31-34-40-50-105-93(126)106(51-41-35-32-38-48-103-91(124)146-73-100(69-142-87(120)27-12,70-143-88(121)28-13)57-130-55-98(63-136-81(114)21-6,64-137-82(115)22-7)65-138-83(116)23-8)95(128)107(94(105)127)52-42-36-33-39-49-104-92(125)147-74-101(71-144-89(122)29-14,72-145-90(123)30-15)58-131-56-99(66-139-84(117)24-9,67-140-85(118)25-10)68-141-86(119)26-11/h16-30H,1-15,31-74H2,(H,102,109)(H,103,124)(H,104,125). The van der Waals surface area contributed by atoms with Crippen LogP contribution in [-0.4, -0.2) is 286 Å². The predicted octanol–water partition coefficient (Wildman–Crippen LogP) is 5.91. The highest BCUT2D eigenvalue weighted by molar-refractivity contribution is 5.89. The smallest absolute Gasteiger partial charge is 0.407 e. The van der Waals surface area contributed by atoms with Gasteiger partial charge in [-0.15, -0.1) is 0 Å². The van der Waals surface area contributed by atoms with Gasteiger partial charge in [-0.25, -0.2) is 105 Å². The Morgan fingerprint density at radius 3 is 0.571 bits per heavy atom. The number of unbranched alkanes of at least 4 members (excludes halogenated alkanes) is 9. The molecule has 1 heterocycles. The van der Waals surface area contributed by atoms with Crippen LogP contribution in [0.5, 0.6) is 0 Å². The van der Waals surface area contributed by atoms with Crippen molar-refractivity contribution < 1.29 is 176 Å². The van der Waals surface area contributed by atoms with Crippen molar-refractivity contribution in [1.29, 1.82) is 0 Å². The Balaban J connectivity index is 3.77. The zero-order chi connectivity index (χ0) is 110. The third-order valence-corrected chi connectivity index (χ3v) is 21.3. The molecule has 0 spiro atoms. The van der Waals surface area contributed by atoms with Crippen LogP contribution in [0, 0.1) is 32.5 Å². The number of nitrogens with one attached hydrogen (secondary N) is 3. The van der Waals surface area contributed by atoms with Gasteiger partial charge in [-0.1, -0.05) is 137 Å². The number of esters is 14. The van der Waals surface area contributed by atoms with Gasteiger partial charge < -0.3 is 106 Å². The van der Waals surface area contributed by atoms with Crippen LogP contribution in [0.4, 0.5) is 9.59 Å². The summed E-state index contributed by atoms with van der Waals surface area (Å²) in [6.45, 7) is 37.2. The van der Waals surface area contributed by atoms with Gasteiger partial charge in [0.15, 0.2) is 5.78 Å². The van der Waals surface area contributed by atoms with Gasteiger partial charge in [0.2, 0.25) is 5.91 Å². The van der Waals surface area contributed by atoms with Crippen LogP contribution in [0.25, 0.3) is 0 Å². The number of nitrogens with zero attached hydrogens (tertiary/aromatic N) is 3. The molecule has 0 aliphatic carbocycles. The summed E-state index contributed by atoms with van der Waals surface area (Å²) >= 11 is 0. The summed E-state index contributed by atoms with van der Waals surface area (Å²) in [5.74, 6) is -13.9. The molecule has 0 fully saturated rings. The average Bonchev–Trinajstić information content (AvgIpc) is 0.784. The first-order valence-corrected chi connectivity index (χ1v) is 46.2. The number of ether oxygens (including phenoxy) is 19. The maximum Gasteiger partial charge on any atom is 0.407 e. The monoisotopic (exact) mass is 2070 g/mol. The lowest BCUT2D eigenvalue weighted by atomic mass is 9.79.